The van der Waals surface area contributed by atoms with Crippen molar-refractivity contribution >= 4 is 23.1 Å². The van der Waals surface area contributed by atoms with Crippen molar-refractivity contribution in [2.45, 2.75) is 52.1 Å². The third-order valence-corrected chi connectivity index (χ3v) is 1.43. The number of unbranched alkanes of at least 4 members (excludes halogenated alkanes) is 1. The van der Waals surface area contributed by atoms with E-state index in [2.05, 4.69) is 20.8 Å². The van der Waals surface area contributed by atoms with Crippen molar-refractivity contribution < 1.29 is 5.11 Å². The molecule has 1 atom stereocenters. The molecule has 0 aromatic heterocycles. The molecule has 1 nitrogen and oxygen atoms in total. The molecule has 0 bridgehead atoms. The zero-order valence-corrected chi connectivity index (χ0v) is 10.1. The van der Waals surface area contributed by atoms with Crippen LogP contribution in [0.5, 0.6) is 0 Å². The Hall–Kier alpha value is 0.726. The minimum Gasteiger partial charge on any atom is -0.393 e. The van der Waals surface area contributed by atoms with E-state index in [0.717, 1.165) is 25.7 Å². The molecule has 70 valence electrons. The van der Waals surface area contributed by atoms with Crippen molar-refractivity contribution in [3.8, 4) is 0 Å². The van der Waals surface area contributed by atoms with Crippen LogP contribution in [0.2, 0.25) is 0 Å². The van der Waals surface area contributed by atoms with E-state index in [1.165, 1.54) is 6.42 Å². The first-order valence-corrected chi connectivity index (χ1v) is 4.49. The van der Waals surface area contributed by atoms with Crippen molar-refractivity contribution in [3.63, 3.8) is 0 Å². The predicted molar refractivity (Wildman–Crippen MR) is 56.9 cm³/mol. The molecule has 0 aliphatic rings. The third-order valence-electron chi connectivity index (χ3n) is 1.43. The molecule has 0 fully saturated rings. The van der Waals surface area contributed by atoms with Crippen LogP contribution in [0.15, 0.2) is 0 Å². The van der Waals surface area contributed by atoms with E-state index in [1.807, 2.05) is 0 Å². The summed E-state index contributed by atoms with van der Waals surface area (Å²) in [5, 5.41) is 9.14. The zero-order valence-electron chi connectivity index (χ0n) is 8.68. The predicted octanol–water partition coefficient (Wildman–Crippen LogP) is 2.61. The molecule has 2 heteroatoms. The maximum absolute atomic E-state index is 9.14. The molecule has 0 heterocycles. The first kappa shape index (κ1) is 18.5. The Balaban J connectivity index is -0.000000249. The number of rotatable bonds is 5. The molecule has 0 radical (unpaired) electrons. The number of hydrogen-bond acceptors (Lipinski definition) is 1. The summed E-state index contributed by atoms with van der Waals surface area (Å²) >= 11 is 0. The molecule has 0 spiro atoms. The van der Waals surface area contributed by atoms with Crippen LogP contribution in [-0.4, -0.2) is 34.3 Å². The molecule has 0 saturated heterocycles. The molecule has 0 aromatic rings. The largest absolute Gasteiger partial charge is 2.00 e. The van der Waals surface area contributed by atoms with Gasteiger partial charge in [-0.25, -0.2) is 0 Å². The van der Waals surface area contributed by atoms with Crippen LogP contribution in [0, 0.1) is 13.8 Å². The Morgan fingerprint density at radius 1 is 1.25 bits per heavy atom. The Bertz CT molecular complexity index is 57.8. The molecular formula is C10H22MgO. The maximum atomic E-state index is 9.14. The van der Waals surface area contributed by atoms with E-state index in [4.69, 9.17) is 5.11 Å². The van der Waals surface area contributed by atoms with Gasteiger partial charge in [0.2, 0.25) is 0 Å². The van der Waals surface area contributed by atoms with Crippen molar-refractivity contribution in [3.05, 3.63) is 13.8 Å². The summed E-state index contributed by atoms with van der Waals surface area (Å²) in [6.45, 7) is 10.8. The Labute approximate surface area is 94.1 Å². The normalized spacial score (nSPS) is 10.8. The van der Waals surface area contributed by atoms with E-state index >= 15 is 0 Å². The summed E-state index contributed by atoms with van der Waals surface area (Å²) in [5.74, 6) is 0. The fourth-order valence-electron chi connectivity index (χ4n) is 0.820. The minimum absolute atomic E-state index is 0. The molecular weight excluding hydrogens is 160 g/mol. The van der Waals surface area contributed by atoms with Crippen molar-refractivity contribution in [2.75, 3.05) is 0 Å². The van der Waals surface area contributed by atoms with Gasteiger partial charge in [-0.3, -0.25) is 0 Å². The molecule has 1 unspecified atom stereocenters. The molecule has 0 amide bonds. The summed E-state index contributed by atoms with van der Waals surface area (Å²) < 4.78 is 0. The number of aliphatic hydroxyl groups is 1. The van der Waals surface area contributed by atoms with Gasteiger partial charge in [-0.1, -0.05) is 26.2 Å². The molecule has 0 rings (SSSR count). The molecule has 0 aromatic carbocycles. The van der Waals surface area contributed by atoms with Gasteiger partial charge < -0.3 is 19.0 Å². The van der Waals surface area contributed by atoms with E-state index < -0.39 is 0 Å². The van der Waals surface area contributed by atoms with E-state index in [9.17, 15) is 0 Å². The zero-order chi connectivity index (χ0) is 9.11. The fraction of sp³-hybridized carbons (Fsp3) is 0.800. The fourth-order valence-corrected chi connectivity index (χ4v) is 0.820. The van der Waals surface area contributed by atoms with Gasteiger partial charge in [-0.15, -0.1) is 0 Å². The molecule has 0 saturated carbocycles. The van der Waals surface area contributed by atoms with Gasteiger partial charge in [0, 0.05) is 0 Å². The molecule has 1 N–H and O–H groups in total. The molecule has 0 aliphatic carbocycles. The average molecular weight is 183 g/mol. The first-order chi connectivity index (χ1) is 5.31. The van der Waals surface area contributed by atoms with E-state index in [0.29, 0.717) is 0 Å². The van der Waals surface area contributed by atoms with E-state index in [-0.39, 0.29) is 29.2 Å². The standard InChI is InChI=1S/C8H17O.C2H5.Mg/c1-3-5-7-8(9)6-4-2;1-2;/h8-9H,2-7H2,1H3;1H2,2H3;/q2*-1;+2. The molecule has 12 heavy (non-hydrogen) atoms. The minimum atomic E-state index is -0.0950. The van der Waals surface area contributed by atoms with Gasteiger partial charge in [0.25, 0.3) is 0 Å². The van der Waals surface area contributed by atoms with Crippen LogP contribution < -0.4 is 0 Å². The van der Waals surface area contributed by atoms with Gasteiger partial charge in [0.1, 0.15) is 0 Å². The van der Waals surface area contributed by atoms with E-state index in [1.54, 1.807) is 6.92 Å². The van der Waals surface area contributed by atoms with Crippen LogP contribution in [0.4, 0.5) is 0 Å². The summed E-state index contributed by atoms with van der Waals surface area (Å²) in [4.78, 5) is 0. The quantitative estimate of drug-likeness (QED) is 0.512. The monoisotopic (exact) mass is 182 g/mol. The Morgan fingerprint density at radius 2 is 1.75 bits per heavy atom. The number of aliphatic hydroxyl groups excluding tert-OH is 1. The van der Waals surface area contributed by atoms with Gasteiger partial charge in [-0.05, 0) is 6.42 Å². The van der Waals surface area contributed by atoms with Gasteiger partial charge in [-0.2, -0.15) is 13.3 Å². The average Bonchev–Trinajstić information content (AvgIpc) is 2.05. The summed E-state index contributed by atoms with van der Waals surface area (Å²) in [5.41, 5.74) is 0. The molecule has 0 aliphatic heterocycles. The van der Waals surface area contributed by atoms with Crippen molar-refractivity contribution in [1.82, 2.24) is 0 Å². The van der Waals surface area contributed by atoms with Crippen LogP contribution >= 0.6 is 0 Å². The number of hydrogen-bond donors (Lipinski definition) is 1. The smallest absolute Gasteiger partial charge is 0.393 e. The van der Waals surface area contributed by atoms with Crippen molar-refractivity contribution in [1.29, 1.82) is 0 Å². The van der Waals surface area contributed by atoms with Crippen molar-refractivity contribution in [2.24, 2.45) is 0 Å². The first-order valence-electron chi connectivity index (χ1n) is 4.49. The summed E-state index contributed by atoms with van der Waals surface area (Å²) in [6, 6.07) is 0. The second kappa shape index (κ2) is 17.7. The second-order valence-corrected chi connectivity index (χ2v) is 2.44. The summed E-state index contributed by atoms with van der Waals surface area (Å²) in [6.07, 6.45) is 4.88. The summed E-state index contributed by atoms with van der Waals surface area (Å²) in [7, 11) is 0. The maximum Gasteiger partial charge on any atom is 2.00 e. The third kappa shape index (κ3) is 17.0. The van der Waals surface area contributed by atoms with Crippen LogP contribution in [0.1, 0.15) is 46.0 Å². The van der Waals surface area contributed by atoms with Gasteiger partial charge in [0.05, 0.1) is 6.10 Å². The van der Waals surface area contributed by atoms with Crippen LogP contribution in [0.25, 0.3) is 0 Å². The van der Waals surface area contributed by atoms with Gasteiger partial charge in [0.15, 0.2) is 0 Å². The topological polar surface area (TPSA) is 20.2 Å². The second-order valence-electron chi connectivity index (χ2n) is 2.44. The Morgan fingerprint density at radius 3 is 2.08 bits per heavy atom. The SMILES string of the molecule is [CH2-]C.[CH2-]CCC(O)CCCC.[Mg+2]. The van der Waals surface area contributed by atoms with Gasteiger partial charge >= 0.3 is 23.1 Å². The van der Waals surface area contributed by atoms with Crippen LogP contribution in [0.3, 0.4) is 0 Å². The van der Waals surface area contributed by atoms with Crippen LogP contribution in [-0.2, 0) is 0 Å². The Kier molecular flexibility index (Phi) is 27.3.